The second-order valence-electron chi connectivity index (χ2n) is 3.39. The van der Waals surface area contributed by atoms with E-state index >= 15 is 0 Å². The highest BCUT2D eigenvalue weighted by atomic mass is 19.4. The zero-order valence-corrected chi connectivity index (χ0v) is 8.17. The van der Waals surface area contributed by atoms with E-state index in [9.17, 15) is 13.2 Å². The monoisotopic (exact) mass is 213 g/mol. The third kappa shape index (κ3) is 2.98. The number of halogens is 3. The van der Waals surface area contributed by atoms with Crippen molar-refractivity contribution in [1.29, 1.82) is 5.26 Å². The molecule has 0 saturated heterocycles. The minimum Gasteiger partial charge on any atom is -0.198 e. The number of alkyl halides is 3. The van der Waals surface area contributed by atoms with Crippen LogP contribution in [0.5, 0.6) is 0 Å². The molecule has 0 aliphatic rings. The van der Waals surface area contributed by atoms with Gasteiger partial charge in [-0.15, -0.1) is 0 Å². The Morgan fingerprint density at radius 3 is 2.60 bits per heavy atom. The van der Waals surface area contributed by atoms with Crippen LogP contribution in [0.25, 0.3) is 0 Å². The first-order chi connectivity index (χ1) is 6.95. The zero-order chi connectivity index (χ0) is 11.5. The first kappa shape index (κ1) is 11.6. The van der Waals surface area contributed by atoms with E-state index in [4.69, 9.17) is 5.26 Å². The molecule has 4 heteroatoms. The van der Waals surface area contributed by atoms with Gasteiger partial charge in [-0.1, -0.05) is 25.1 Å². The van der Waals surface area contributed by atoms with Gasteiger partial charge < -0.3 is 0 Å². The summed E-state index contributed by atoms with van der Waals surface area (Å²) < 4.78 is 37.1. The molecule has 0 amide bonds. The fraction of sp³-hybridized carbons (Fsp3) is 0.364. The molecule has 0 saturated carbocycles. The quantitative estimate of drug-likeness (QED) is 0.734. The molecule has 1 atom stereocenters. The maximum Gasteiger partial charge on any atom is 0.416 e. The van der Waals surface area contributed by atoms with Crippen molar-refractivity contribution in [1.82, 2.24) is 0 Å². The van der Waals surface area contributed by atoms with Gasteiger partial charge in [0.2, 0.25) is 0 Å². The first-order valence-electron chi connectivity index (χ1n) is 4.49. The molecule has 80 valence electrons. The SMILES string of the molecule is CC(CC#N)c1cccc(C(F)(F)F)c1. The Morgan fingerprint density at radius 1 is 1.40 bits per heavy atom. The molecule has 1 rings (SSSR count). The summed E-state index contributed by atoms with van der Waals surface area (Å²) in [6, 6.07) is 7.05. The van der Waals surface area contributed by atoms with Crippen molar-refractivity contribution < 1.29 is 13.2 Å². The van der Waals surface area contributed by atoms with E-state index < -0.39 is 11.7 Å². The molecule has 0 aliphatic carbocycles. The first-order valence-corrected chi connectivity index (χ1v) is 4.49. The van der Waals surface area contributed by atoms with Gasteiger partial charge in [-0.05, 0) is 17.5 Å². The van der Waals surface area contributed by atoms with Gasteiger partial charge in [0.15, 0.2) is 0 Å². The van der Waals surface area contributed by atoms with Crippen LogP contribution in [0, 0.1) is 11.3 Å². The van der Waals surface area contributed by atoms with Crippen LogP contribution in [0.15, 0.2) is 24.3 Å². The van der Waals surface area contributed by atoms with E-state index in [0.717, 1.165) is 12.1 Å². The summed E-state index contributed by atoms with van der Waals surface area (Å²) in [5, 5.41) is 8.45. The minimum absolute atomic E-state index is 0.169. The smallest absolute Gasteiger partial charge is 0.198 e. The molecule has 0 N–H and O–H groups in total. The largest absolute Gasteiger partial charge is 0.416 e. The van der Waals surface area contributed by atoms with Crippen LogP contribution < -0.4 is 0 Å². The van der Waals surface area contributed by atoms with Gasteiger partial charge in [0, 0.05) is 6.42 Å². The number of hydrogen-bond donors (Lipinski definition) is 0. The van der Waals surface area contributed by atoms with Crippen molar-refractivity contribution in [3.8, 4) is 6.07 Å². The van der Waals surface area contributed by atoms with Gasteiger partial charge in [-0.3, -0.25) is 0 Å². The molecule has 0 radical (unpaired) electrons. The molecule has 0 fully saturated rings. The number of benzene rings is 1. The molecule has 1 aromatic rings. The van der Waals surface area contributed by atoms with Gasteiger partial charge in [-0.25, -0.2) is 0 Å². The van der Waals surface area contributed by atoms with Crippen LogP contribution in [-0.4, -0.2) is 0 Å². The van der Waals surface area contributed by atoms with Gasteiger partial charge in [-0.2, -0.15) is 18.4 Å². The lowest BCUT2D eigenvalue weighted by Crippen LogP contribution is -2.06. The molecule has 0 bridgehead atoms. The lowest BCUT2D eigenvalue weighted by Gasteiger charge is -2.11. The topological polar surface area (TPSA) is 23.8 Å². The van der Waals surface area contributed by atoms with E-state index in [1.54, 1.807) is 13.0 Å². The van der Waals surface area contributed by atoms with Crippen molar-refractivity contribution in [2.75, 3.05) is 0 Å². The van der Waals surface area contributed by atoms with E-state index in [1.807, 2.05) is 6.07 Å². The fourth-order valence-electron chi connectivity index (χ4n) is 1.28. The van der Waals surface area contributed by atoms with Crippen molar-refractivity contribution >= 4 is 0 Å². The fourth-order valence-corrected chi connectivity index (χ4v) is 1.28. The van der Waals surface area contributed by atoms with Gasteiger partial charge >= 0.3 is 6.18 Å². The van der Waals surface area contributed by atoms with Crippen molar-refractivity contribution in [3.05, 3.63) is 35.4 Å². The van der Waals surface area contributed by atoms with Crippen LogP contribution in [0.4, 0.5) is 13.2 Å². The Morgan fingerprint density at radius 2 is 2.07 bits per heavy atom. The zero-order valence-electron chi connectivity index (χ0n) is 8.17. The number of rotatable bonds is 2. The maximum absolute atomic E-state index is 12.4. The van der Waals surface area contributed by atoms with Crippen molar-refractivity contribution in [2.24, 2.45) is 0 Å². The third-order valence-electron chi connectivity index (χ3n) is 2.18. The summed E-state index contributed by atoms with van der Waals surface area (Å²) in [4.78, 5) is 0. The standard InChI is InChI=1S/C11H10F3N/c1-8(5-6-15)9-3-2-4-10(7-9)11(12,13)14/h2-4,7-8H,5H2,1H3. The lowest BCUT2D eigenvalue weighted by molar-refractivity contribution is -0.137. The Balaban J connectivity index is 2.99. The third-order valence-corrected chi connectivity index (χ3v) is 2.18. The summed E-state index contributed by atoms with van der Waals surface area (Å²) in [5.74, 6) is -0.169. The Kier molecular flexibility index (Phi) is 3.35. The van der Waals surface area contributed by atoms with Crippen molar-refractivity contribution in [2.45, 2.75) is 25.4 Å². The van der Waals surface area contributed by atoms with E-state index in [0.29, 0.717) is 5.56 Å². The Labute approximate surface area is 86.1 Å². The second kappa shape index (κ2) is 4.35. The van der Waals surface area contributed by atoms with E-state index in [2.05, 4.69) is 0 Å². The highest BCUT2D eigenvalue weighted by Crippen LogP contribution is 2.31. The highest BCUT2D eigenvalue weighted by Gasteiger charge is 2.30. The molecular formula is C11H10F3N. The lowest BCUT2D eigenvalue weighted by atomic mass is 9.97. The van der Waals surface area contributed by atoms with Gasteiger partial charge in [0.25, 0.3) is 0 Å². The maximum atomic E-state index is 12.4. The summed E-state index contributed by atoms with van der Waals surface area (Å²) >= 11 is 0. The van der Waals surface area contributed by atoms with E-state index in [1.165, 1.54) is 6.07 Å². The minimum atomic E-state index is -4.32. The molecule has 1 unspecified atom stereocenters. The Hall–Kier alpha value is -1.50. The average molecular weight is 213 g/mol. The van der Waals surface area contributed by atoms with Crippen LogP contribution in [0.1, 0.15) is 30.4 Å². The van der Waals surface area contributed by atoms with Crippen LogP contribution in [0.2, 0.25) is 0 Å². The van der Waals surface area contributed by atoms with Crippen molar-refractivity contribution in [3.63, 3.8) is 0 Å². The number of hydrogen-bond acceptors (Lipinski definition) is 1. The summed E-state index contributed by atoms with van der Waals surface area (Å²) in [6.45, 7) is 1.73. The molecule has 0 heterocycles. The summed E-state index contributed by atoms with van der Waals surface area (Å²) in [6.07, 6.45) is -4.09. The summed E-state index contributed by atoms with van der Waals surface area (Å²) in [7, 11) is 0. The molecular weight excluding hydrogens is 203 g/mol. The predicted molar refractivity (Wildman–Crippen MR) is 50.1 cm³/mol. The molecule has 15 heavy (non-hydrogen) atoms. The number of nitriles is 1. The van der Waals surface area contributed by atoms with Crippen LogP contribution >= 0.6 is 0 Å². The normalized spacial score (nSPS) is 13.3. The van der Waals surface area contributed by atoms with Gasteiger partial charge in [0.05, 0.1) is 11.6 Å². The summed E-state index contributed by atoms with van der Waals surface area (Å²) in [5.41, 5.74) is -0.115. The molecule has 1 nitrogen and oxygen atoms in total. The average Bonchev–Trinajstić information content (AvgIpc) is 2.17. The van der Waals surface area contributed by atoms with Crippen LogP contribution in [0.3, 0.4) is 0 Å². The molecule has 1 aromatic carbocycles. The predicted octanol–water partition coefficient (Wildman–Crippen LogP) is 3.72. The Bertz CT molecular complexity index is 376. The van der Waals surface area contributed by atoms with Crippen LogP contribution in [-0.2, 0) is 6.18 Å². The second-order valence-corrected chi connectivity index (χ2v) is 3.39. The molecule has 0 aromatic heterocycles. The molecule has 0 aliphatic heterocycles. The van der Waals surface area contributed by atoms with E-state index in [-0.39, 0.29) is 12.3 Å². The molecule has 0 spiro atoms. The van der Waals surface area contributed by atoms with Gasteiger partial charge in [0.1, 0.15) is 0 Å². The highest BCUT2D eigenvalue weighted by molar-refractivity contribution is 5.28. The number of nitrogens with zero attached hydrogens (tertiary/aromatic N) is 1.